The highest BCUT2D eigenvalue weighted by molar-refractivity contribution is 6.42. The highest BCUT2D eigenvalue weighted by Crippen LogP contribution is 2.40. The van der Waals surface area contributed by atoms with Crippen LogP contribution in [0.25, 0.3) is 16.7 Å². The van der Waals surface area contributed by atoms with Gasteiger partial charge in [-0.05, 0) is 65.1 Å². The minimum atomic E-state index is 0.0271. The Kier molecular flexibility index (Phi) is 6.86. The fourth-order valence-corrected chi connectivity index (χ4v) is 4.55. The third-order valence-electron chi connectivity index (χ3n) is 6.99. The van der Waals surface area contributed by atoms with Crippen LogP contribution in [0.2, 0.25) is 12.1 Å². The van der Waals surface area contributed by atoms with Crippen molar-refractivity contribution in [3.8, 4) is 11.1 Å². The molecule has 1 aliphatic rings. The van der Waals surface area contributed by atoms with Crippen LogP contribution in [0.1, 0.15) is 76.3 Å². The number of rotatable bonds is 7. The Morgan fingerprint density at radius 3 is 1.96 bits per heavy atom. The maximum absolute atomic E-state index is 4.32. The van der Waals surface area contributed by atoms with Crippen molar-refractivity contribution in [3.05, 3.63) is 66.2 Å². The predicted octanol–water partition coefficient (Wildman–Crippen LogP) is 8.39. The molecule has 0 atom stereocenters. The Labute approximate surface area is 173 Å². The second-order valence-corrected chi connectivity index (χ2v) is 9.19. The van der Waals surface area contributed by atoms with Crippen LogP contribution in [0, 0.1) is 5.92 Å². The van der Waals surface area contributed by atoms with Gasteiger partial charge in [-0.1, -0.05) is 101 Å². The predicted molar refractivity (Wildman–Crippen MR) is 126 cm³/mol. The van der Waals surface area contributed by atoms with Crippen LogP contribution in [0.5, 0.6) is 0 Å². The molecular formula is C27H36B. The van der Waals surface area contributed by atoms with Crippen molar-refractivity contribution < 1.29 is 0 Å². The van der Waals surface area contributed by atoms with E-state index in [1.165, 1.54) is 66.4 Å². The third kappa shape index (κ3) is 4.80. The van der Waals surface area contributed by atoms with Gasteiger partial charge in [0.2, 0.25) is 0 Å². The maximum atomic E-state index is 4.32. The zero-order valence-corrected chi connectivity index (χ0v) is 18.3. The van der Waals surface area contributed by atoms with Crippen molar-refractivity contribution in [1.82, 2.24) is 0 Å². The molecule has 3 rings (SSSR count). The molecule has 0 unspecified atom stereocenters. The van der Waals surface area contributed by atoms with E-state index in [-0.39, 0.29) is 5.31 Å². The molecule has 1 saturated carbocycles. The van der Waals surface area contributed by atoms with Gasteiger partial charge in [-0.3, -0.25) is 0 Å². The van der Waals surface area contributed by atoms with Gasteiger partial charge in [0.15, 0.2) is 0 Å². The molecule has 2 aromatic carbocycles. The first-order chi connectivity index (χ1) is 13.4. The molecular weight excluding hydrogens is 335 g/mol. The van der Waals surface area contributed by atoms with E-state index in [9.17, 15) is 0 Å². The van der Waals surface area contributed by atoms with Crippen molar-refractivity contribution in [2.75, 3.05) is 0 Å². The van der Waals surface area contributed by atoms with Crippen LogP contribution in [-0.2, 0) is 0 Å². The third-order valence-corrected chi connectivity index (χ3v) is 6.99. The fraction of sp³-hybridized carbons (Fsp3) is 0.481. The van der Waals surface area contributed by atoms with Crippen LogP contribution in [0.3, 0.4) is 0 Å². The molecule has 0 saturated heterocycles. The summed E-state index contributed by atoms with van der Waals surface area (Å²) in [5, 5.41) is 0.0271. The summed E-state index contributed by atoms with van der Waals surface area (Å²) in [7, 11) is 2.22. The summed E-state index contributed by atoms with van der Waals surface area (Å²) in [6.45, 7) is 13.2. The molecule has 0 nitrogen and oxygen atoms in total. The van der Waals surface area contributed by atoms with Crippen LogP contribution < -0.4 is 0 Å². The van der Waals surface area contributed by atoms with Gasteiger partial charge in [0.05, 0.1) is 0 Å². The average molecular weight is 371 g/mol. The van der Waals surface area contributed by atoms with E-state index in [1.54, 1.807) is 0 Å². The number of hydrogen-bond donors (Lipinski definition) is 0. The molecule has 1 fully saturated rings. The van der Waals surface area contributed by atoms with Crippen LogP contribution in [0.4, 0.5) is 0 Å². The van der Waals surface area contributed by atoms with Gasteiger partial charge < -0.3 is 0 Å². The molecule has 0 amide bonds. The Bertz CT molecular complexity index is 759. The largest absolute Gasteiger partial charge is 0.119 e. The SMILES string of the molecule is C=C(c1ccc(-c2ccc(C3CCC(CCC)CC3)cc2)cc1)C(C)(C)[B]C. The van der Waals surface area contributed by atoms with Crippen molar-refractivity contribution in [1.29, 1.82) is 0 Å². The standard InChI is InChI=1S/C27H36B/c1-6-7-21-8-10-23(11-9-21)25-16-18-26(19-17-25)24-14-12-22(13-15-24)20(2)27(3,4)28-5/h12-19,21,23H,2,6-11H2,1,3-5H3. The summed E-state index contributed by atoms with van der Waals surface area (Å²) in [6, 6.07) is 18.2. The number of allylic oxidation sites excluding steroid dienone is 1. The van der Waals surface area contributed by atoms with Crippen molar-refractivity contribution >= 4 is 12.9 Å². The van der Waals surface area contributed by atoms with Crippen LogP contribution in [-0.4, -0.2) is 7.28 Å². The summed E-state index contributed by atoms with van der Waals surface area (Å²) in [5.41, 5.74) is 6.53. The van der Waals surface area contributed by atoms with Crippen molar-refractivity contribution in [2.24, 2.45) is 5.92 Å². The summed E-state index contributed by atoms with van der Waals surface area (Å²) >= 11 is 0. The van der Waals surface area contributed by atoms with Gasteiger partial charge in [0.1, 0.15) is 7.28 Å². The summed E-state index contributed by atoms with van der Waals surface area (Å²) in [5.74, 6) is 1.74. The average Bonchev–Trinajstić information content (AvgIpc) is 2.74. The van der Waals surface area contributed by atoms with Gasteiger partial charge >= 0.3 is 0 Å². The molecule has 0 N–H and O–H groups in total. The first kappa shape index (κ1) is 21.0. The monoisotopic (exact) mass is 371 g/mol. The molecule has 1 radical (unpaired) electrons. The molecule has 1 heteroatoms. The normalized spacial score (nSPS) is 20.0. The van der Waals surface area contributed by atoms with Gasteiger partial charge in [0.25, 0.3) is 0 Å². The highest BCUT2D eigenvalue weighted by Gasteiger charge is 2.22. The molecule has 0 aromatic heterocycles. The van der Waals surface area contributed by atoms with E-state index in [2.05, 4.69) is 90.0 Å². The lowest BCUT2D eigenvalue weighted by Gasteiger charge is -2.28. The van der Waals surface area contributed by atoms with E-state index < -0.39 is 0 Å². The summed E-state index contributed by atoms with van der Waals surface area (Å²) < 4.78 is 0. The zero-order valence-electron chi connectivity index (χ0n) is 18.3. The summed E-state index contributed by atoms with van der Waals surface area (Å²) in [4.78, 5) is 0. The lowest BCUT2D eigenvalue weighted by Crippen LogP contribution is -2.13. The molecule has 0 bridgehead atoms. The van der Waals surface area contributed by atoms with Gasteiger partial charge in [-0.2, -0.15) is 0 Å². The molecule has 147 valence electrons. The van der Waals surface area contributed by atoms with Gasteiger partial charge in [-0.15, -0.1) is 0 Å². The quantitative estimate of drug-likeness (QED) is 0.429. The lowest BCUT2D eigenvalue weighted by atomic mass is 9.52. The lowest BCUT2D eigenvalue weighted by molar-refractivity contribution is 0.308. The topological polar surface area (TPSA) is 0 Å². The Morgan fingerprint density at radius 2 is 1.46 bits per heavy atom. The van der Waals surface area contributed by atoms with Gasteiger partial charge in [-0.25, -0.2) is 0 Å². The Morgan fingerprint density at radius 1 is 0.929 bits per heavy atom. The molecule has 1 aliphatic carbocycles. The van der Waals surface area contributed by atoms with Crippen molar-refractivity contribution in [2.45, 2.75) is 77.4 Å². The number of hydrogen-bond acceptors (Lipinski definition) is 0. The zero-order chi connectivity index (χ0) is 20.1. The molecule has 28 heavy (non-hydrogen) atoms. The first-order valence-electron chi connectivity index (χ1n) is 11.1. The maximum Gasteiger partial charge on any atom is 0.119 e. The van der Waals surface area contributed by atoms with E-state index in [4.69, 9.17) is 0 Å². The second-order valence-electron chi connectivity index (χ2n) is 9.19. The van der Waals surface area contributed by atoms with E-state index in [0.717, 1.165) is 11.8 Å². The second kappa shape index (κ2) is 9.16. The minimum Gasteiger partial charge on any atom is -0.0954 e. The molecule has 0 spiro atoms. The van der Waals surface area contributed by atoms with Gasteiger partial charge in [0, 0.05) is 0 Å². The molecule has 2 aromatic rings. The summed E-state index contributed by atoms with van der Waals surface area (Å²) in [6.07, 6.45) is 8.32. The number of benzene rings is 2. The molecule has 0 aliphatic heterocycles. The van der Waals surface area contributed by atoms with Crippen LogP contribution in [0.15, 0.2) is 55.1 Å². The highest BCUT2D eigenvalue weighted by atomic mass is 14.3. The van der Waals surface area contributed by atoms with E-state index >= 15 is 0 Å². The Balaban J connectivity index is 1.66. The van der Waals surface area contributed by atoms with Crippen LogP contribution >= 0.6 is 0 Å². The smallest absolute Gasteiger partial charge is 0.0954 e. The minimum absolute atomic E-state index is 0.0271. The fourth-order valence-electron chi connectivity index (χ4n) is 4.55. The van der Waals surface area contributed by atoms with Crippen molar-refractivity contribution in [3.63, 3.8) is 0 Å². The van der Waals surface area contributed by atoms with E-state index in [1.807, 2.05) is 0 Å². The first-order valence-corrected chi connectivity index (χ1v) is 11.1. The van der Waals surface area contributed by atoms with E-state index in [0.29, 0.717) is 0 Å². The molecule has 0 heterocycles. The Hall–Kier alpha value is -1.76.